The van der Waals surface area contributed by atoms with E-state index in [9.17, 15) is 13.4 Å². The fraction of sp³-hybridized carbons (Fsp3) is 0.529. The van der Waals surface area contributed by atoms with E-state index in [1.807, 2.05) is 6.92 Å². The summed E-state index contributed by atoms with van der Waals surface area (Å²) in [5, 5.41) is 15.1. The molecule has 0 bridgehead atoms. The van der Waals surface area contributed by atoms with Gasteiger partial charge in [-0.05, 0) is 19.3 Å². The Morgan fingerprint density at radius 1 is 1.42 bits per heavy atom. The Kier molecular flexibility index (Phi) is 4.41. The van der Waals surface area contributed by atoms with Gasteiger partial charge in [0.1, 0.15) is 0 Å². The Balaban J connectivity index is 1.59. The molecule has 0 saturated heterocycles. The van der Waals surface area contributed by atoms with Crippen LogP contribution in [-0.4, -0.2) is 55.0 Å². The zero-order valence-corrected chi connectivity index (χ0v) is 15.8. The SMILES string of the molecule is CCCS(=O)(=O)NC1CC(C2=NN(C)B(O)c3cnc4c(c32)C=CC4)C1. The number of fused-ring (bicyclic) bond motifs is 3. The van der Waals surface area contributed by atoms with Crippen LogP contribution in [0.3, 0.4) is 0 Å². The van der Waals surface area contributed by atoms with Crippen molar-refractivity contribution in [2.75, 3.05) is 12.8 Å². The summed E-state index contributed by atoms with van der Waals surface area (Å²) in [5.41, 5.74) is 4.74. The Hall–Kier alpha value is -1.71. The van der Waals surface area contributed by atoms with Crippen LogP contribution in [-0.2, 0) is 16.4 Å². The van der Waals surface area contributed by atoms with Gasteiger partial charge < -0.3 is 9.94 Å². The maximum atomic E-state index is 12.0. The molecule has 2 heterocycles. The molecule has 1 fully saturated rings. The maximum absolute atomic E-state index is 12.0. The lowest BCUT2D eigenvalue weighted by molar-refractivity contribution is 0.315. The molecule has 26 heavy (non-hydrogen) atoms. The molecule has 0 atom stereocenters. The first-order valence-corrected chi connectivity index (χ1v) is 10.7. The summed E-state index contributed by atoms with van der Waals surface area (Å²) < 4.78 is 26.7. The number of nitrogens with zero attached hydrogens (tertiary/aromatic N) is 3. The molecule has 138 valence electrons. The van der Waals surface area contributed by atoms with E-state index in [1.165, 1.54) is 0 Å². The summed E-state index contributed by atoms with van der Waals surface area (Å²) in [5.74, 6) is 0.343. The molecule has 3 aliphatic rings. The number of hydrogen-bond donors (Lipinski definition) is 2. The summed E-state index contributed by atoms with van der Waals surface area (Å²) in [7, 11) is -2.26. The number of allylic oxidation sites excluding steroid dienone is 1. The van der Waals surface area contributed by atoms with Crippen molar-refractivity contribution in [1.29, 1.82) is 0 Å². The van der Waals surface area contributed by atoms with Gasteiger partial charge in [0.05, 0.1) is 17.2 Å². The molecule has 0 radical (unpaired) electrons. The standard InChI is InChI=1S/C17H23BN4O3S/c1-3-7-26(24,25)21-12-8-11(9-12)17-16-13-5-4-6-15(13)19-10-14(16)18(23)22(2)20-17/h4-5,10-12,21,23H,3,6-9H2,1-2H3. The van der Waals surface area contributed by atoms with Crippen LogP contribution in [0.5, 0.6) is 0 Å². The molecule has 1 aromatic heterocycles. The lowest BCUT2D eigenvalue weighted by Crippen LogP contribution is -2.54. The number of hydrazone groups is 1. The van der Waals surface area contributed by atoms with Crippen LogP contribution in [0, 0.1) is 5.92 Å². The molecule has 0 unspecified atom stereocenters. The number of aromatic nitrogens is 1. The lowest BCUT2D eigenvalue weighted by atomic mass is 9.65. The number of sulfonamides is 1. The summed E-state index contributed by atoms with van der Waals surface area (Å²) in [6, 6.07) is -0.0368. The highest BCUT2D eigenvalue weighted by molar-refractivity contribution is 7.89. The third-order valence-corrected chi connectivity index (χ3v) is 6.96. The average Bonchev–Trinajstić information content (AvgIpc) is 3.02. The zero-order chi connectivity index (χ0) is 18.5. The van der Waals surface area contributed by atoms with E-state index in [0.717, 1.165) is 47.3 Å². The molecule has 0 amide bonds. The van der Waals surface area contributed by atoms with Gasteiger partial charge in [-0.1, -0.05) is 19.1 Å². The third-order valence-electron chi connectivity index (χ3n) is 5.32. The van der Waals surface area contributed by atoms with Crippen LogP contribution in [0.25, 0.3) is 6.08 Å². The Labute approximate surface area is 154 Å². The van der Waals surface area contributed by atoms with E-state index in [1.54, 1.807) is 18.2 Å². The molecule has 2 aliphatic carbocycles. The van der Waals surface area contributed by atoms with Crippen molar-refractivity contribution < 1.29 is 13.4 Å². The second-order valence-electron chi connectivity index (χ2n) is 7.29. The molecule has 1 aromatic rings. The minimum atomic E-state index is -3.20. The van der Waals surface area contributed by atoms with Crippen molar-refractivity contribution in [1.82, 2.24) is 14.6 Å². The molecular formula is C17H23BN4O3S. The largest absolute Gasteiger partial charge is 0.468 e. The predicted molar refractivity (Wildman–Crippen MR) is 103 cm³/mol. The predicted octanol–water partition coefficient (Wildman–Crippen LogP) is 0.0959. The van der Waals surface area contributed by atoms with E-state index in [2.05, 4.69) is 27.0 Å². The highest BCUT2D eigenvalue weighted by atomic mass is 32.2. The Bertz CT molecular complexity index is 894. The van der Waals surface area contributed by atoms with E-state index in [4.69, 9.17) is 0 Å². The number of pyridine rings is 1. The van der Waals surface area contributed by atoms with Crippen LogP contribution in [0.4, 0.5) is 0 Å². The quantitative estimate of drug-likeness (QED) is 0.713. The molecule has 2 N–H and O–H groups in total. The third kappa shape index (κ3) is 2.98. The molecule has 7 nitrogen and oxygen atoms in total. The highest BCUT2D eigenvalue weighted by Gasteiger charge is 2.41. The molecule has 0 spiro atoms. The van der Waals surface area contributed by atoms with E-state index < -0.39 is 17.1 Å². The van der Waals surface area contributed by atoms with Crippen LogP contribution in [0.1, 0.15) is 43.0 Å². The summed E-state index contributed by atoms with van der Waals surface area (Å²) in [6.45, 7) is 1.86. The van der Waals surface area contributed by atoms with Crippen molar-refractivity contribution >= 4 is 34.3 Å². The smallest absolute Gasteiger partial charge is 0.428 e. The Morgan fingerprint density at radius 2 is 2.19 bits per heavy atom. The second kappa shape index (κ2) is 6.47. The highest BCUT2D eigenvalue weighted by Crippen LogP contribution is 2.35. The van der Waals surface area contributed by atoms with E-state index in [-0.39, 0.29) is 17.7 Å². The van der Waals surface area contributed by atoms with Gasteiger partial charge in [-0.3, -0.25) is 4.98 Å². The van der Waals surface area contributed by atoms with E-state index in [0.29, 0.717) is 6.42 Å². The topological polar surface area (TPSA) is 94.9 Å². The Morgan fingerprint density at radius 3 is 2.92 bits per heavy atom. The van der Waals surface area contributed by atoms with E-state index >= 15 is 0 Å². The summed E-state index contributed by atoms with van der Waals surface area (Å²) in [4.78, 5) is 6.04. The van der Waals surface area contributed by atoms with Crippen molar-refractivity contribution in [3.8, 4) is 0 Å². The first-order chi connectivity index (χ1) is 12.4. The molecule has 9 heteroatoms. The fourth-order valence-corrected chi connectivity index (χ4v) is 5.33. The molecule has 0 aromatic carbocycles. The van der Waals surface area contributed by atoms with Crippen molar-refractivity contribution in [2.45, 2.75) is 38.6 Å². The lowest BCUT2D eigenvalue weighted by Gasteiger charge is -2.39. The molecular weight excluding hydrogens is 351 g/mol. The molecule has 4 rings (SSSR count). The first kappa shape index (κ1) is 17.7. The van der Waals surface area contributed by atoms with Gasteiger partial charge in [-0.25, -0.2) is 13.1 Å². The first-order valence-electron chi connectivity index (χ1n) is 9.07. The van der Waals surface area contributed by atoms with Gasteiger partial charge in [0.25, 0.3) is 0 Å². The van der Waals surface area contributed by atoms with Gasteiger partial charge in [0, 0.05) is 48.2 Å². The normalized spacial score (nSPS) is 24.2. The fourth-order valence-electron chi connectivity index (χ4n) is 3.97. The number of nitrogens with one attached hydrogen (secondary N) is 1. The summed E-state index contributed by atoms with van der Waals surface area (Å²) >= 11 is 0. The van der Waals surface area contributed by atoms with Crippen LogP contribution in [0.15, 0.2) is 17.4 Å². The molecule has 1 saturated carbocycles. The van der Waals surface area contributed by atoms with Crippen molar-refractivity contribution in [3.63, 3.8) is 0 Å². The van der Waals surface area contributed by atoms with Crippen LogP contribution < -0.4 is 10.2 Å². The van der Waals surface area contributed by atoms with Crippen LogP contribution in [0.2, 0.25) is 0 Å². The zero-order valence-electron chi connectivity index (χ0n) is 15.0. The monoisotopic (exact) mass is 374 g/mol. The van der Waals surface area contributed by atoms with Gasteiger partial charge in [0.15, 0.2) is 0 Å². The number of rotatable bonds is 5. The van der Waals surface area contributed by atoms with Gasteiger partial charge >= 0.3 is 7.05 Å². The minimum Gasteiger partial charge on any atom is -0.428 e. The average molecular weight is 374 g/mol. The van der Waals surface area contributed by atoms with Gasteiger partial charge in [-0.15, -0.1) is 0 Å². The summed E-state index contributed by atoms with van der Waals surface area (Å²) in [6.07, 6.45) is 8.73. The van der Waals surface area contributed by atoms with Gasteiger partial charge in [0.2, 0.25) is 10.0 Å². The molecule has 1 aliphatic heterocycles. The van der Waals surface area contributed by atoms with Gasteiger partial charge in [-0.2, -0.15) is 5.10 Å². The van der Waals surface area contributed by atoms with Crippen molar-refractivity contribution in [3.05, 3.63) is 29.1 Å². The second-order valence-corrected chi connectivity index (χ2v) is 9.16. The maximum Gasteiger partial charge on any atom is 0.468 e. The minimum absolute atomic E-state index is 0.0368. The number of hydrogen-bond acceptors (Lipinski definition) is 6. The van der Waals surface area contributed by atoms with Crippen LogP contribution >= 0.6 is 0 Å². The van der Waals surface area contributed by atoms with Crippen molar-refractivity contribution in [2.24, 2.45) is 11.0 Å².